The fourth-order valence-electron chi connectivity index (χ4n) is 1.60. The topological polar surface area (TPSA) is 65.4 Å². The number of aliphatic hydroxyl groups excluding tert-OH is 1. The van der Waals surface area contributed by atoms with Crippen LogP contribution in [0.5, 0.6) is 0 Å². The Morgan fingerprint density at radius 3 is 3.23 bits per heavy atom. The molecule has 0 radical (unpaired) electrons. The predicted octanol–water partition coefficient (Wildman–Crippen LogP) is 0.0771. The largest absolute Gasteiger partial charge is 0.393 e. The minimum absolute atomic E-state index is 0.279. The zero-order valence-electron chi connectivity index (χ0n) is 7.20. The summed E-state index contributed by atoms with van der Waals surface area (Å²) < 4.78 is 0. The number of rotatable bonds is 1. The Morgan fingerprint density at radius 1 is 1.62 bits per heavy atom. The summed E-state index contributed by atoms with van der Waals surface area (Å²) >= 11 is 0. The second-order valence-electron chi connectivity index (χ2n) is 3.27. The first-order valence-electron chi connectivity index (χ1n) is 4.29. The quantitative estimate of drug-likeness (QED) is 0.572. The van der Waals surface area contributed by atoms with Crippen LogP contribution in [0.2, 0.25) is 0 Å². The van der Waals surface area contributed by atoms with Crippen molar-refractivity contribution >= 4 is 5.69 Å². The summed E-state index contributed by atoms with van der Waals surface area (Å²) in [6.45, 7) is 0.383. The zero-order chi connectivity index (χ0) is 9.31. The lowest BCUT2D eigenvalue weighted by atomic mass is 9.91. The molecule has 1 aromatic rings. The molecule has 0 aliphatic carbocycles. The zero-order valence-corrected chi connectivity index (χ0v) is 7.20. The van der Waals surface area contributed by atoms with Crippen LogP contribution >= 0.6 is 0 Å². The van der Waals surface area contributed by atoms with Crippen LogP contribution in [-0.2, 0) is 5.60 Å². The van der Waals surface area contributed by atoms with Crippen LogP contribution in [0.4, 0.5) is 5.69 Å². The van der Waals surface area contributed by atoms with Crippen LogP contribution in [0.25, 0.3) is 0 Å². The number of fused-ring (bicyclic) bond motifs is 1. The van der Waals surface area contributed by atoms with Gasteiger partial charge in [-0.25, -0.2) is 0 Å². The molecule has 3 N–H and O–H groups in total. The summed E-state index contributed by atoms with van der Waals surface area (Å²) in [7, 11) is 0. The lowest BCUT2D eigenvalue weighted by Crippen LogP contribution is -2.38. The summed E-state index contributed by atoms with van der Waals surface area (Å²) in [4.78, 5) is 4.07. The molecule has 0 saturated heterocycles. The highest BCUT2D eigenvalue weighted by Crippen LogP contribution is 2.32. The number of aromatic nitrogens is 1. The number of aliphatic hydroxyl groups is 2. The Kier molecular flexibility index (Phi) is 1.94. The van der Waals surface area contributed by atoms with Gasteiger partial charge in [-0.15, -0.1) is 0 Å². The van der Waals surface area contributed by atoms with Crippen molar-refractivity contribution in [2.24, 2.45) is 0 Å². The van der Waals surface area contributed by atoms with Crippen LogP contribution in [-0.4, -0.2) is 28.3 Å². The molecule has 2 rings (SSSR count). The van der Waals surface area contributed by atoms with E-state index in [1.54, 1.807) is 12.3 Å². The molecular weight excluding hydrogens is 168 g/mol. The van der Waals surface area contributed by atoms with Crippen LogP contribution < -0.4 is 5.32 Å². The van der Waals surface area contributed by atoms with Crippen molar-refractivity contribution < 1.29 is 10.2 Å². The van der Waals surface area contributed by atoms with Gasteiger partial charge in [0, 0.05) is 19.2 Å². The maximum atomic E-state index is 9.98. The molecule has 0 saturated carbocycles. The van der Waals surface area contributed by atoms with Crippen molar-refractivity contribution in [3.63, 3.8) is 0 Å². The van der Waals surface area contributed by atoms with Gasteiger partial charge in [0.05, 0.1) is 18.0 Å². The Bertz CT molecular complexity index is 316. The Morgan fingerprint density at radius 2 is 2.46 bits per heavy atom. The first-order chi connectivity index (χ1) is 6.26. The fourth-order valence-corrected chi connectivity index (χ4v) is 1.60. The molecule has 4 heteroatoms. The minimum atomic E-state index is -1.16. The summed E-state index contributed by atoms with van der Waals surface area (Å²) in [5.74, 6) is 0. The van der Waals surface area contributed by atoms with Crippen molar-refractivity contribution in [2.75, 3.05) is 18.5 Å². The highest BCUT2D eigenvalue weighted by molar-refractivity contribution is 5.52. The van der Waals surface area contributed by atoms with Crippen molar-refractivity contribution in [2.45, 2.75) is 12.0 Å². The van der Waals surface area contributed by atoms with E-state index < -0.39 is 5.60 Å². The third-order valence-electron chi connectivity index (χ3n) is 2.36. The number of nitrogens with one attached hydrogen (secondary N) is 1. The first-order valence-corrected chi connectivity index (χ1v) is 4.29. The van der Waals surface area contributed by atoms with Gasteiger partial charge in [-0.05, 0) is 12.1 Å². The fraction of sp³-hybridized carbons (Fsp3) is 0.444. The number of pyridine rings is 1. The molecule has 1 atom stereocenters. The standard InChI is InChI=1S/C9H12N2O2/c12-6-9(13)3-5-10-7-2-1-4-11-8(7)9/h1-2,4,10,12-13H,3,5-6H2. The molecule has 0 aromatic carbocycles. The van der Waals surface area contributed by atoms with Crippen molar-refractivity contribution in [3.05, 3.63) is 24.0 Å². The van der Waals surface area contributed by atoms with Crippen molar-refractivity contribution in [3.8, 4) is 0 Å². The summed E-state index contributed by atoms with van der Waals surface area (Å²) in [6, 6.07) is 3.65. The monoisotopic (exact) mass is 180 g/mol. The summed E-state index contributed by atoms with van der Waals surface area (Å²) in [5.41, 5.74) is 0.191. The molecule has 0 fully saturated rings. The highest BCUT2D eigenvalue weighted by Gasteiger charge is 2.34. The number of hydrogen-bond acceptors (Lipinski definition) is 4. The normalized spacial score (nSPS) is 26.3. The van der Waals surface area contributed by atoms with Gasteiger partial charge in [0.15, 0.2) is 0 Å². The van der Waals surface area contributed by atoms with Crippen LogP contribution in [0.3, 0.4) is 0 Å². The third-order valence-corrected chi connectivity index (χ3v) is 2.36. The average Bonchev–Trinajstić information content (AvgIpc) is 2.19. The second kappa shape index (κ2) is 2.97. The number of hydrogen-bond donors (Lipinski definition) is 3. The lowest BCUT2D eigenvalue weighted by molar-refractivity contribution is -0.0288. The Labute approximate surface area is 76.2 Å². The van der Waals surface area contributed by atoms with E-state index in [0.29, 0.717) is 18.7 Å². The second-order valence-corrected chi connectivity index (χ2v) is 3.27. The number of anilines is 1. The van der Waals surface area contributed by atoms with E-state index in [0.717, 1.165) is 5.69 Å². The molecule has 1 aromatic heterocycles. The molecule has 13 heavy (non-hydrogen) atoms. The summed E-state index contributed by atoms with van der Waals surface area (Å²) in [5, 5.41) is 22.2. The molecule has 70 valence electrons. The maximum absolute atomic E-state index is 9.98. The van der Waals surface area contributed by atoms with Gasteiger partial charge in [0.1, 0.15) is 5.60 Å². The van der Waals surface area contributed by atoms with Gasteiger partial charge in [-0.2, -0.15) is 0 Å². The maximum Gasteiger partial charge on any atom is 0.133 e. The molecule has 1 aliphatic rings. The van der Waals surface area contributed by atoms with E-state index in [1.807, 2.05) is 6.07 Å². The van der Waals surface area contributed by atoms with E-state index in [4.69, 9.17) is 5.11 Å². The van der Waals surface area contributed by atoms with Crippen molar-refractivity contribution in [1.29, 1.82) is 0 Å². The molecule has 2 heterocycles. The van der Waals surface area contributed by atoms with Gasteiger partial charge in [0.2, 0.25) is 0 Å². The molecule has 0 bridgehead atoms. The van der Waals surface area contributed by atoms with Gasteiger partial charge in [0.25, 0.3) is 0 Å². The smallest absolute Gasteiger partial charge is 0.133 e. The minimum Gasteiger partial charge on any atom is -0.393 e. The summed E-state index contributed by atoms with van der Waals surface area (Å²) in [6.07, 6.45) is 2.11. The van der Waals surface area contributed by atoms with Crippen LogP contribution in [0, 0.1) is 0 Å². The van der Waals surface area contributed by atoms with Crippen molar-refractivity contribution in [1.82, 2.24) is 4.98 Å². The van der Waals surface area contributed by atoms with Crippen LogP contribution in [0.15, 0.2) is 18.3 Å². The Hall–Kier alpha value is -1.13. The third kappa shape index (κ3) is 1.28. The molecule has 4 nitrogen and oxygen atoms in total. The van der Waals surface area contributed by atoms with E-state index in [-0.39, 0.29) is 6.61 Å². The van der Waals surface area contributed by atoms with E-state index >= 15 is 0 Å². The van der Waals surface area contributed by atoms with Gasteiger partial charge < -0.3 is 15.5 Å². The van der Waals surface area contributed by atoms with Gasteiger partial charge in [-0.3, -0.25) is 4.98 Å². The highest BCUT2D eigenvalue weighted by atomic mass is 16.3. The van der Waals surface area contributed by atoms with E-state index in [1.165, 1.54) is 0 Å². The molecule has 0 amide bonds. The molecule has 1 unspecified atom stereocenters. The molecule has 0 spiro atoms. The first kappa shape index (κ1) is 8.47. The Balaban J connectivity index is 2.48. The molecule has 1 aliphatic heterocycles. The lowest BCUT2D eigenvalue weighted by Gasteiger charge is -2.31. The predicted molar refractivity (Wildman–Crippen MR) is 48.3 cm³/mol. The van der Waals surface area contributed by atoms with E-state index in [9.17, 15) is 5.11 Å². The SMILES string of the molecule is OCC1(O)CCNc2cccnc21. The number of nitrogens with zero attached hydrogens (tertiary/aromatic N) is 1. The average molecular weight is 180 g/mol. The van der Waals surface area contributed by atoms with Crippen LogP contribution in [0.1, 0.15) is 12.1 Å². The van der Waals surface area contributed by atoms with Gasteiger partial charge in [-0.1, -0.05) is 0 Å². The van der Waals surface area contributed by atoms with E-state index in [2.05, 4.69) is 10.3 Å². The molecular formula is C9H12N2O2. The van der Waals surface area contributed by atoms with Gasteiger partial charge >= 0.3 is 0 Å².